The van der Waals surface area contributed by atoms with E-state index in [1.54, 1.807) is 30.3 Å². The summed E-state index contributed by atoms with van der Waals surface area (Å²) in [4.78, 5) is 2.55. The molecule has 2 N–H and O–H groups in total. The summed E-state index contributed by atoms with van der Waals surface area (Å²) in [6.45, 7) is 2.46. The number of ether oxygens (including phenoxy) is 1. The van der Waals surface area contributed by atoms with Crippen molar-refractivity contribution in [3.63, 3.8) is 0 Å². The van der Waals surface area contributed by atoms with Crippen LogP contribution < -0.4 is 5.73 Å². The van der Waals surface area contributed by atoms with Gasteiger partial charge in [-0.05, 0) is 47.9 Å². The number of benzene rings is 2. The van der Waals surface area contributed by atoms with Crippen molar-refractivity contribution in [3.05, 3.63) is 76.9 Å². The van der Waals surface area contributed by atoms with Crippen molar-refractivity contribution in [3.8, 4) is 0 Å². The number of nitrogens with two attached hydrogens (primary N) is 1. The first kappa shape index (κ1) is 21.7. The zero-order chi connectivity index (χ0) is 22.5. The Bertz CT molecular complexity index is 1140. The van der Waals surface area contributed by atoms with Crippen molar-refractivity contribution in [2.45, 2.75) is 29.5 Å². The summed E-state index contributed by atoms with van der Waals surface area (Å²) < 4.78 is 61.0. The molecule has 2 aromatic rings. The molecule has 0 saturated carbocycles. The Kier molecular flexibility index (Phi) is 5.63. The van der Waals surface area contributed by atoms with E-state index in [-0.39, 0.29) is 11.6 Å². The van der Waals surface area contributed by atoms with Gasteiger partial charge < -0.3 is 10.5 Å². The summed E-state index contributed by atoms with van der Waals surface area (Å²) in [5.74, 6) is -1.04. The highest BCUT2D eigenvalue weighted by Crippen LogP contribution is 2.35. The molecular weight excluding hydrogens is 436 g/mol. The Morgan fingerprint density at radius 3 is 2.31 bits per heavy atom. The highest BCUT2D eigenvalue weighted by molar-refractivity contribution is 7.89. The van der Waals surface area contributed by atoms with Gasteiger partial charge in [-0.1, -0.05) is 18.2 Å². The summed E-state index contributed by atoms with van der Waals surface area (Å²) >= 11 is 0. The van der Waals surface area contributed by atoms with Gasteiger partial charge in [0.05, 0.1) is 11.5 Å². The van der Waals surface area contributed by atoms with Crippen LogP contribution >= 0.6 is 0 Å². The maximum absolute atomic E-state index is 14.2. The SMILES string of the molecule is N[C@H]1C[C@@H](N2CC3=C(C2)CN(S(=O)(=O)c2ccccc2)C3)CO[C@@H]1c1cc(F)ccc1F. The topological polar surface area (TPSA) is 75.9 Å². The Morgan fingerprint density at radius 1 is 0.969 bits per heavy atom. The highest BCUT2D eigenvalue weighted by atomic mass is 32.2. The molecule has 2 aromatic carbocycles. The lowest BCUT2D eigenvalue weighted by Gasteiger charge is -2.39. The summed E-state index contributed by atoms with van der Waals surface area (Å²) in [5.41, 5.74) is 8.70. The summed E-state index contributed by atoms with van der Waals surface area (Å²) in [7, 11) is -3.52. The molecule has 9 heteroatoms. The quantitative estimate of drug-likeness (QED) is 0.708. The number of rotatable bonds is 4. The Balaban J connectivity index is 1.21. The van der Waals surface area contributed by atoms with Gasteiger partial charge in [0.1, 0.15) is 17.7 Å². The van der Waals surface area contributed by atoms with E-state index in [1.165, 1.54) is 4.31 Å². The standard InChI is InChI=1S/C23H25F2N3O3S/c24-17-6-7-21(25)20(8-17)23-22(26)9-18(14-31-23)27-10-15-12-28(13-16(15)11-27)32(29,30)19-4-2-1-3-5-19/h1-8,18,22-23H,9-14,26H2/t18-,22+,23-/m1/s1. The third kappa shape index (κ3) is 3.88. The molecule has 0 spiro atoms. The lowest BCUT2D eigenvalue weighted by atomic mass is 9.93. The lowest BCUT2D eigenvalue weighted by Crippen LogP contribution is -2.49. The summed E-state index contributed by atoms with van der Waals surface area (Å²) in [6, 6.07) is 11.4. The van der Waals surface area contributed by atoms with Gasteiger partial charge in [-0.2, -0.15) is 4.31 Å². The smallest absolute Gasteiger partial charge is 0.243 e. The van der Waals surface area contributed by atoms with Crippen LogP contribution in [0.5, 0.6) is 0 Å². The number of hydrogen-bond acceptors (Lipinski definition) is 5. The van der Waals surface area contributed by atoms with Crippen LogP contribution in [0, 0.1) is 11.6 Å². The molecule has 0 radical (unpaired) electrons. The summed E-state index contributed by atoms with van der Waals surface area (Å²) in [5, 5.41) is 0. The van der Waals surface area contributed by atoms with E-state index in [0.717, 1.165) is 29.3 Å². The fraction of sp³-hybridized carbons (Fsp3) is 0.391. The van der Waals surface area contributed by atoms with Crippen molar-refractivity contribution >= 4 is 10.0 Å². The van der Waals surface area contributed by atoms with Crippen LogP contribution in [-0.2, 0) is 14.8 Å². The van der Waals surface area contributed by atoms with E-state index in [4.69, 9.17) is 10.5 Å². The molecule has 0 unspecified atom stereocenters. The minimum atomic E-state index is -3.52. The van der Waals surface area contributed by atoms with Crippen LogP contribution in [-0.4, -0.2) is 62.5 Å². The van der Waals surface area contributed by atoms with Crippen LogP contribution in [0.25, 0.3) is 0 Å². The van der Waals surface area contributed by atoms with Gasteiger partial charge in [0, 0.05) is 43.8 Å². The molecule has 3 atom stereocenters. The second-order valence-electron chi connectivity index (χ2n) is 8.67. The molecule has 0 aromatic heterocycles. The molecule has 170 valence electrons. The van der Waals surface area contributed by atoms with Gasteiger partial charge in [-0.3, -0.25) is 4.90 Å². The van der Waals surface area contributed by atoms with Crippen LogP contribution in [0.3, 0.4) is 0 Å². The molecule has 3 aliphatic rings. The lowest BCUT2D eigenvalue weighted by molar-refractivity contribution is -0.0467. The van der Waals surface area contributed by atoms with E-state index >= 15 is 0 Å². The average molecular weight is 462 g/mol. The predicted octanol–water partition coefficient (Wildman–Crippen LogP) is 2.44. The molecule has 1 saturated heterocycles. The summed E-state index contributed by atoms with van der Waals surface area (Å²) in [6.07, 6.45) is -0.0939. The first-order valence-corrected chi connectivity index (χ1v) is 12.1. The number of nitrogens with zero attached hydrogens (tertiary/aromatic N) is 2. The van der Waals surface area contributed by atoms with Crippen molar-refractivity contribution in [2.24, 2.45) is 5.73 Å². The van der Waals surface area contributed by atoms with E-state index in [1.807, 2.05) is 0 Å². The molecular formula is C23H25F2N3O3S. The minimum absolute atomic E-state index is 0.0441. The van der Waals surface area contributed by atoms with Crippen molar-refractivity contribution in [2.75, 3.05) is 32.8 Å². The van der Waals surface area contributed by atoms with E-state index < -0.39 is 33.8 Å². The number of halogens is 2. The van der Waals surface area contributed by atoms with Gasteiger partial charge in [-0.15, -0.1) is 0 Å². The van der Waals surface area contributed by atoms with Crippen molar-refractivity contribution in [1.82, 2.24) is 9.21 Å². The average Bonchev–Trinajstić information content (AvgIpc) is 3.36. The van der Waals surface area contributed by atoms with Crippen molar-refractivity contribution in [1.29, 1.82) is 0 Å². The molecule has 0 aliphatic carbocycles. The molecule has 32 heavy (non-hydrogen) atoms. The van der Waals surface area contributed by atoms with Gasteiger partial charge in [-0.25, -0.2) is 17.2 Å². The van der Waals surface area contributed by atoms with Gasteiger partial charge in [0.15, 0.2) is 0 Å². The van der Waals surface area contributed by atoms with Crippen molar-refractivity contribution < 1.29 is 21.9 Å². The molecule has 1 fully saturated rings. The zero-order valence-electron chi connectivity index (χ0n) is 17.5. The monoisotopic (exact) mass is 461 g/mol. The first-order valence-electron chi connectivity index (χ1n) is 10.6. The molecule has 6 nitrogen and oxygen atoms in total. The number of hydrogen-bond donors (Lipinski definition) is 1. The first-order chi connectivity index (χ1) is 15.3. The fourth-order valence-electron chi connectivity index (χ4n) is 4.90. The molecule has 5 rings (SSSR count). The maximum atomic E-state index is 14.2. The number of sulfonamides is 1. The maximum Gasteiger partial charge on any atom is 0.243 e. The third-order valence-electron chi connectivity index (χ3n) is 6.59. The minimum Gasteiger partial charge on any atom is -0.370 e. The molecule has 0 bridgehead atoms. The Labute approximate surface area is 186 Å². The van der Waals surface area contributed by atoms with Crippen LogP contribution in [0.2, 0.25) is 0 Å². The van der Waals surface area contributed by atoms with Gasteiger partial charge in [0.2, 0.25) is 10.0 Å². The Hall–Kier alpha value is -2.17. The highest BCUT2D eigenvalue weighted by Gasteiger charge is 2.41. The zero-order valence-corrected chi connectivity index (χ0v) is 18.3. The third-order valence-corrected chi connectivity index (χ3v) is 8.39. The normalized spacial score (nSPS) is 27.2. The van der Waals surface area contributed by atoms with E-state index in [2.05, 4.69) is 4.90 Å². The molecule has 0 amide bonds. The Morgan fingerprint density at radius 2 is 1.66 bits per heavy atom. The second kappa shape index (κ2) is 8.31. The second-order valence-corrected chi connectivity index (χ2v) is 10.6. The van der Waals surface area contributed by atoms with Gasteiger partial charge >= 0.3 is 0 Å². The predicted molar refractivity (Wildman–Crippen MR) is 115 cm³/mol. The molecule has 3 aliphatic heterocycles. The van der Waals surface area contributed by atoms with Crippen LogP contribution in [0.4, 0.5) is 8.78 Å². The molecule has 3 heterocycles. The van der Waals surface area contributed by atoms with Gasteiger partial charge in [0.25, 0.3) is 0 Å². The van der Waals surface area contributed by atoms with E-state index in [9.17, 15) is 17.2 Å². The largest absolute Gasteiger partial charge is 0.370 e. The van der Waals surface area contributed by atoms with E-state index in [0.29, 0.717) is 44.1 Å². The van der Waals surface area contributed by atoms with Crippen LogP contribution in [0.1, 0.15) is 18.1 Å². The fourth-order valence-corrected chi connectivity index (χ4v) is 6.35. The van der Waals surface area contributed by atoms with Crippen LogP contribution in [0.15, 0.2) is 64.6 Å².